The van der Waals surface area contributed by atoms with Gasteiger partial charge in [-0.05, 0) is 36.1 Å². The number of aromatic nitrogens is 2. The van der Waals surface area contributed by atoms with Gasteiger partial charge in [-0.2, -0.15) is 0 Å². The van der Waals surface area contributed by atoms with E-state index in [-0.39, 0.29) is 12.1 Å². The molecule has 0 saturated carbocycles. The quantitative estimate of drug-likeness (QED) is 0.732. The van der Waals surface area contributed by atoms with E-state index in [0.29, 0.717) is 0 Å². The molecule has 2 aromatic carbocycles. The number of benzene rings is 2. The van der Waals surface area contributed by atoms with Crippen molar-refractivity contribution >= 4 is 11.0 Å². The molecule has 0 amide bonds. The molecular weight excluding hydrogens is 246 g/mol. The van der Waals surface area contributed by atoms with E-state index >= 15 is 0 Å². The molecule has 3 heteroatoms. The lowest BCUT2D eigenvalue weighted by molar-refractivity contribution is 0.378. The molecule has 0 spiro atoms. The Hall–Kier alpha value is -2.13. The van der Waals surface area contributed by atoms with Crippen LogP contribution >= 0.6 is 0 Å². The van der Waals surface area contributed by atoms with Crippen LogP contribution in [0, 0.1) is 0 Å². The predicted octanol–water partition coefficient (Wildman–Crippen LogP) is 3.22. The molecule has 0 bridgehead atoms. The third kappa shape index (κ3) is 1.67. The van der Waals surface area contributed by atoms with Gasteiger partial charge in [0.2, 0.25) is 0 Å². The summed E-state index contributed by atoms with van der Waals surface area (Å²) in [6, 6.07) is 17.1. The molecule has 20 heavy (non-hydrogen) atoms. The van der Waals surface area contributed by atoms with E-state index in [9.17, 15) is 0 Å². The molecule has 2 N–H and O–H groups in total. The summed E-state index contributed by atoms with van der Waals surface area (Å²) in [6.45, 7) is 0. The van der Waals surface area contributed by atoms with Gasteiger partial charge in [-0.1, -0.05) is 36.4 Å². The third-order valence-corrected chi connectivity index (χ3v) is 4.38. The van der Waals surface area contributed by atoms with Crippen molar-refractivity contribution < 1.29 is 0 Å². The normalized spacial score (nSPS) is 21.9. The molecule has 0 radical (unpaired) electrons. The summed E-state index contributed by atoms with van der Waals surface area (Å²) in [5.74, 6) is 0. The first-order chi connectivity index (χ1) is 9.84. The number of rotatable bonds is 1. The Morgan fingerprint density at radius 2 is 1.85 bits per heavy atom. The first kappa shape index (κ1) is 11.7. The second kappa shape index (κ2) is 4.46. The number of aryl methyl sites for hydroxylation is 1. The minimum atomic E-state index is 0.0394. The summed E-state index contributed by atoms with van der Waals surface area (Å²) in [5, 5.41) is 0. The molecule has 0 saturated heterocycles. The summed E-state index contributed by atoms with van der Waals surface area (Å²) in [4.78, 5) is 4.49. The molecule has 1 heterocycles. The summed E-state index contributed by atoms with van der Waals surface area (Å²) in [6.07, 6.45) is 4.09. The number of nitrogens with zero attached hydrogens (tertiary/aromatic N) is 2. The highest BCUT2D eigenvalue weighted by molar-refractivity contribution is 5.75. The Morgan fingerprint density at radius 3 is 2.80 bits per heavy atom. The lowest BCUT2D eigenvalue weighted by Crippen LogP contribution is -2.29. The van der Waals surface area contributed by atoms with Crippen molar-refractivity contribution in [3.05, 3.63) is 66.0 Å². The van der Waals surface area contributed by atoms with E-state index < -0.39 is 0 Å². The molecule has 100 valence electrons. The zero-order valence-corrected chi connectivity index (χ0v) is 11.2. The molecule has 3 nitrogen and oxygen atoms in total. The maximum atomic E-state index is 6.52. The fourth-order valence-electron chi connectivity index (χ4n) is 3.33. The monoisotopic (exact) mass is 263 g/mol. The van der Waals surface area contributed by atoms with Gasteiger partial charge in [0.1, 0.15) is 0 Å². The standard InChI is InChI=1S/C17H17N3/c18-17-13-6-2-1-5-12(13)9-10-16(17)20-11-19-14-7-3-4-8-15(14)20/h1-8,11,16-17H,9-10,18H2. The van der Waals surface area contributed by atoms with Crippen LogP contribution in [0.2, 0.25) is 0 Å². The van der Waals surface area contributed by atoms with Crippen LogP contribution in [-0.2, 0) is 6.42 Å². The van der Waals surface area contributed by atoms with Gasteiger partial charge in [0.25, 0.3) is 0 Å². The molecule has 2 unspecified atom stereocenters. The van der Waals surface area contributed by atoms with E-state index in [1.54, 1.807) is 0 Å². The van der Waals surface area contributed by atoms with Crippen LogP contribution in [0.25, 0.3) is 11.0 Å². The van der Waals surface area contributed by atoms with Gasteiger partial charge >= 0.3 is 0 Å². The maximum Gasteiger partial charge on any atom is 0.0961 e. The minimum absolute atomic E-state index is 0.0394. The lowest BCUT2D eigenvalue weighted by atomic mass is 9.84. The molecule has 4 rings (SSSR count). The summed E-state index contributed by atoms with van der Waals surface area (Å²) >= 11 is 0. The van der Waals surface area contributed by atoms with Crippen molar-refractivity contribution in [3.8, 4) is 0 Å². The van der Waals surface area contributed by atoms with Gasteiger partial charge in [0.05, 0.1) is 29.4 Å². The second-order valence-corrected chi connectivity index (χ2v) is 5.47. The molecule has 0 aliphatic heterocycles. The molecular formula is C17H17N3. The molecule has 1 aliphatic carbocycles. The topological polar surface area (TPSA) is 43.8 Å². The number of hydrogen-bond donors (Lipinski definition) is 1. The number of imidazole rings is 1. The van der Waals surface area contributed by atoms with E-state index in [0.717, 1.165) is 18.4 Å². The Kier molecular flexibility index (Phi) is 2.60. The van der Waals surface area contributed by atoms with Gasteiger partial charge in [-0.15, -0.1) is 0 Å². The zero-order valence-electron chi connectivity index (χ0n) is 11.2. The van der Waals surface area contributed by atoms with Crippen molar-refractivity contribution in [2.75, 3.05) is 0 Å². The summed E-state index contributed by atoms with van der Waals surface area (Å²) in [5.41, 5.74) is 11.4. The first-order valence-electron chi connectivity index (χ1n) is 7.09. The molecule has 2 atom stereocenters. The van der Waals surface area contributed by atoms with Gasteiger partial charge in [-0.3, -0.25) is 0 Å². The first-order valence-corrected chi connectivity index (χ1v) is 7.09. The fourth-order valence-corrected chi connectivity index (χ4v) is 3.33. The number of nitrogens with two attached hydrogens (primary N) is 1. The van der Waals surface area contributed by atoms with E-state index in [1.165, 1.54) is 16.6 Å². The van der Waals surface area contributed by atoms with Crippen LogP contribution in [0.4, 0.5) is 0 Å². The van der Waals surface area contributed by atoms with Crippen LogP contribution in [0.1, 0.15) is 29.6 Å². The summed E-state index contributed by atoms with van der Waals surface area (Å²) in [7, 11) is 0. The predicted molar refractivity (Wildman–Crippen MR) is 80.5 cm³/mol. The van der Waals surface area contributed by atoms with Gasteiger partial charge in [0, 0.05) is 0 Å². The van der Waals surface area contributed by atoms with Crippen LogP contribution in [0.3, 0.4) is 0 Å². The smallest absolute Gasteiger partial charge is 0.0961 e. The highest BCUT2D eigenvalue weighted by Gasteiger charge is 2.28. The molecule has 3 aromatic rings. The van der Waals surface area contributed by atoms with Crippen LogP contribution in [0.5, 0.6) is 0 Å². The fraction of sp³-hybridized carbons (Fsp3) is 0.235. The van der Waals surface area contributed by atoms with E-state index in [2.05, 4.69) is 45.9 Å². The molecule has 0 fully saturated rings. The Labute approximate surface area is 118 Å². The van der Waals surface area contributed by atoms with Crippen LogP contribution in [-0.4, -0.2) is 9.55 Å². The SMILES string of the molecule is NC1c2ccccc2CCC1n1cnc2ccccc21. The van der Waals surface area contributed by atoms with Crippen molar-refractivity contribution in [2.24, 2.45) is 5.73 Å². The number of hydrogen-bond acceptors (Lipinski definition) is 2. The maximum absolute atomic E-state index is 6.52. The van der Waals surface area contributed by atoms with Gasteiger partial charge in [0.15, 0.2) is 0 Å². The van der Waals surface area contributed by atoms with Crippen LogP contribution in [0.15, 0.2) is 54.9 Å². The Bertz CT molecular complexity index is 760. The number of para-hydroxylation sites is 2. The van der Waals surface area contributed by atoms with Crippen molar-refractivity contribution in [2.45, 2.75) is 24.9 Å². The van der Waals surface area contributed by atoms with Crippen molar-refractivity contribution in [3.63, 3.8) is 0 Å². The highest BCUT2D eigenvalue weighted by atomic mass is 15.1. The average molecular weight is 263 g/mol. The minimum Gasteiger partial charge on any atom is -0.326 e. The largest absolute Gasteiger partial charge is 0.326 e. The Morgan fingerprint density at radius 1 is 1.05 bits per heavy atom. The molecule has 1 aliphatic rings. The van der Waals surface area contributed by atoms with E-state index in [1.807, 2.05) is 18.5 Å². The second-order valence-electron chi connectivity index (χ2n) is 5.47. The van der Waals surface area contributed by atoms with Crippen molar-refractivity contribution in [1.82, 2.24) is 9.55 Å². The summed E-state index contributed by atoms with van der Waals surface area (Å²) < 4.78 is 2.25. The van der Waals surface area contributed by atoms with Crippen molar-refractivity contribution in [1.29, 1.82) is 0 Å². The zero-order chi connectivity index (χ0) is 13.5. The third-order valence-electron chi connectivity index (χ3n) is 4.38. The molecule has 1 aromatic heterocycles. The van der Waals surface area contributed by atoms with Gasteiger partial charge < -0.3 is 10.3 Å². The van der Waals surface area contributed by atoms with Crippen LogP contribution < -0.4 is 5.73 Å². The highest BCUT2D eigenvalue weighted by Crippen LogP contribution is 2.37. The lowest BCUT2D eigenvalue weighted by Gasteiger charge is -2.32. The van der Waals surface area contributed by atoms with Gasteiger partial charge in [-0.25, -0.2) is 4.98 Å². The Balaban J connectivity index is 1.81. The van der Waals surface area contributed by atoms with E-state index in [4.69, 9.17) is 5.73 Å². The number of fused-ring (bicyclic) bond motifs is 2. The average Bonchev–Trinajstić information content (AvgIpc) is 2.92.